The van der Waals surface area contributed by atoms with Crippen LogP contribution in [0.5, 0.6) is 0 Å². The van der Waals surface area contributed by atoms with Gasteiger partial charge in [0.25, 0.3) is 0 Å². The van der Waals surface area contributed by atoms with Gasteiger partial charge in [0.15, 0.2) is 0 Å². The van der Waals surface area contributed by atoms with Gasteiger partial charge in [0.05, 0.1) is 6.61 Å². The summed E-state index contributed by atoms with van der Waals surface area (Å²) in [5, 5.41) is 3.22. The fraction of sp³-hybridized carbons (Fsp3) is 0.692. The Kier molecular flexibility index (Phi) is 7.64. The van der Waals surface area contributed by atoms with Crippen LogP contribution in [-0.4, -0.2) is 44.2 Å². The van der Waals surface area contributed by atoms with Crippen molar-refractivity contribution in [1.82, 2.24) is 9.88 Å². The van der Waals surface area contributed by atoms with E-state index < -0.39 is 12.8 Å². The van der Waals surface area contributed by atoms with Gasteiger partial charge in [0, 0.05) is 45.7 Å². The summed E-state index contributed by atoms with van der Waals surface area (Å²) in [4.78, 5) is 0. The standard InChI is InChI=1S/C13H21F3N2O2/c1-19-8-4-17-9-12-3-6-18(10-12)5-2-7-20-11-13(14,15)16/h3,6,10,17H,2,4-5,7-9,11H2,1H3. The molecule has 0 aliphatic carbocycles. The van der Waals surface area contributed by atoms with Crippen LogP contribution in [0.15, 0.2) is 18.5 Å². The van der Waals surface area contributed by atoms with Gasteiger partial charge in [-0.25, -0.2) is 0 Å². The number of rotatable bonds is 10. The molecule has 20 heavy (non-hydrogen) atoms. The predicted octanol–water partition coefficient (Wildman–Crippen LogP) is 2.19. The third kappa shape index (κ3) is 8.19. The van der Waals surface area contributed by atoms with Crippen LogP contribution in [0, 0.1) is 0 Å². The number of ether oxygens (including phenoxy) is 2. The molecule has 0 spiro atoms. The number of halogens is 3. The minimum Gasteiger partial charge on any atom is -0.383 e. The summed E-state index contributed by atoms with van der Waals surface area (Å²) in [7, 11) is 1.65. The van der Waals surface area contributed by atoms with E-state index in [1.54, 1.807) is 7.11 Å². The normalized spacial score (nSPS) is 12.0. The molecule has 1 rings (SSSR count). The molecule has 0 saturated carbocycles. The molecular formula is C13H21F3N2O2. The molecule has 0 unspecified atom stereocenters. The van der Waals surface area contributed by atoms with Crippen molar-refractivity contribution in [3.63, 3.8) is 0 Å². The lowest BCUT2D eigenvalue weighted by molar-refractivity contribution is -0.174. The van der Waals surface area contributed by atoms with E-state index >= 15 is 0 Å². The fourth-order valence-electron chi connectivity index (χ4n) is 1.68. The molecule has 1 N–H and O–H groups in total. The Hall–Kier alpha value is -1.05. The van der Waals surface area contributed by atoms with Crippen molar-refractivity contribution < 1.29 is 22.6 Å². The van der Waals surface area contributed by atoms with Gasteiger partial charge in [-0.05, 0) is 18.1 Å². The van der Waals surface area contributed by atoms with Crippen LogP contribution in [0.2, 0.25) is 0 Å². The van der Waals surface area contributed by atoms with Crippen molar-refractivity contribution in [2.75, 3.05) is 33.5 Å². The van der Waals surface area contributed by atoms with Gasteiger partial charge in [-0.15, -0.1) is 0 Å². The molecule has 0 aliphatic rings. The summed E-state index contributed by atoms with van der Waals surface area (Å²) in [6.45, 7) is 1.79. The molecule has 1 aromatic heterocycles. The zero-order chi connectivity index (χ0) is 14.8. The number of nitrogens with zero attached hydrogens (tertiary/aromatic N) is 1. The molecule has 0 aliphatic heterocycles. The van der Waals surface area contributed by atoms with E-state index in [9.17, 15) is 13.2 Å². The zero-order valence-corrected chi connectivity index (χ0v) is 11.6. The van der Waals surface area contributed by atoms with E-state index in [1.165, 1.54) is 0 Å². The first-order valence-corrected chi connectivity index (χ1v) is 6.50. The maximum absolute atomic E-state index is 11.8. The highest BCUT2D eigenvalue weighted by atomic mass is 19.4. The minimum absolute atomic E-state index is 0.110. The summed E-state index contributed by atoms with van der Waals surface area (Å²) < 4.78 is 46.9. The van der Waals surface area contributed by atoms with E-state index in [-0.39, 0.29) is 6.61 Å². The molecule has 0 atom stereocenters. The molecule has 0 fully saturated rings. The van der Waals surface area contributed by atoms with E-state index in [0.29, 0.717) is 19.6 Å². The van der Waals surface area contributed by atoms with Crippen LogP contribution >= 0.6 is 0 Å². The van der Waals surface area contributed by atoms with Gasteiger partial charge in [-0.1, -0.05) is 0 Å². The summed E-state index contributed by atoms with van der Waals surface area (Å²) in [5.41, 5.74) is 1.14. The van der Waals surface area contributed by atoms with Gasteiger partial charge in [0.2, 0.25) is 0 Å². The Labute approximate surface area is 116 Å². The van der Waals surface area contributed by atoms with Crippen molar-refractivity contribution >= 4 is 0 Å². The van der Waals surface area contributed by atoms with E-state index in [4.69, 9.17) is 4.74 Å². The van der Waals surface area contributed by atoms with Crippen LogP contribution in [0.3, 0.4) is 0 Å². The van der Waals surface area contributed by atoms with Crippen LogP contribution in [0.4, 0.5) is 13.2 Å². The molecule has 0 bridgehead atoms. The molecule has 0 amide bonds. The average molecular weight is 294 g/mol. The maximum Gasteiger partial charge on any atom is 0.411 e. The second-order valence-electron chi connectivity index (χ2n) is 4.45. The van der Waals surface area contributed by atoms with Gasteiger partial charge in [-0.2, -0.15) is 13.2 Å². The lowest BCUT2D eigenvalue weighted by Crippen LogP contribution is -2.18. The van der Waals surface area contributed by atoms with Gasteiger partial charge in [-0.3, -0.25) is 0 Å². The second kappa shape index (κ2) is 8.99. The monoisotopic (exact) mass is 294 g/mol. The second-order valence-corrected chi connectivity index (χ2v) is 4.45. The van der Waals surface area contributed by atoms with Crippen molar-refractivity contribution in [1.29, 1.82) is 0 Å². The fourth-order valence-corrected chi connectivity index (χ4v) is 1.68. The first-order valence-electron chi connectivity index (χ1n) is 6.50. The first-order chi connectivity index (χ1) is 9.51. The van der Waals surface area contributed by atoms with Crippen molar-refractivity contribution in [3.05, 3.63) is 24.0 Å². The largest absolute Gasteiger partial charge is 0.411 e. The molecule has 0 aromatic carbocycles. The van der Waals surface area contributed by atoms with Gasteiger partial charge >= 0.3 is 6.18 Å². The quantitative estimate of drug-likeness (QED) is 0.672. The molecule has 1 aromatic rings. The molecule has 4 nitrogen and oxygen atoms in total. The molecule has 1 heterocycles. The van der Waals surface area contributed by atoms with Crippen LogP contribution in [0.25, 0.3) is 0 Å². The summed E-state index contributed by atoms with van der Waals surface area (Å²) in [6, 6.07) is 1.98. The lowest BCUT2D eigenvalue weighted by atomic mass is 10.3. The summed E-state index contributed by atoms with van der Waals surface area (Å²) >= 11 is 0. The van der Waals surface area contributed by atoms with Gasteiger partial charge < -0.3 is 19.4 Å². The summed E-state index contributed by atoms with van der Waals surface area (Å²) in [5.74, 6) is 0. The minimum atomic E-state index is -4.24. The van der Waals surface area contributed by atoms with Crippen molar-refractivity contribution in [2.45, 2.75) is 25.7 Å². The highest BCUT2D eigenvalue weighted by molar-refractivity contribution is 5.09. The molecule has 116 valence electrons. The maximum atomic E-state index is 11.8. The first kappa shape index (κ1) is 17.0. The van der Waals surface area contributed by atoms with Gasteiger partial charge in [0.1, 0.15) is 6.61 Å². The molecule has 0 saturated heterocycles. The predicted molar refractivity (Wildman–Crippen MR) is 69.5 cm³/mol. The third-order valence-corrected chi connectivity index (χ3v) is 2.59. The number of aryl methyl sites for hydroxylation is 1. The molecular weight excluding hydrogens is 273 g/mol. The lowest BCUT2D eigenvalue weighted by Gasteiger charge is -2.07. The van der Waals surface area contributed by atoms with E-state index in [2.05, 4.69) is 10.1 Å². The highest BCUT2D eigenvalue weighted by Gasteiger charge is 2.27. The number of alkyl halides is 3. The van der Waals surface area contributed by atoms with Crippen molar-refractivity contribution in [3.8, 4) is 0 Å². The number of nitrogens with one attached hydrogen (secondary N) is 1. The Balaban J connectivity index is 2.11. The topological polar surface area (TPSA) is 35.4 Å². The Bertz CT molecular complexity index is 367. The third-order valence-electron chi connectivity index (χ3n) is 2.59. The van der Waals surface area contributed by atoms with Crippen molar-refractivity contribution in [2.24, 2.45) is 0 Å². The smallest absolute Gasteiger partial charge is 0.383 e. The number of hydrogen-bond donors (Lipinski definition) is 1. The molecule has 7 heteroatoms. The van der Waals surface area contributed by atoms with Crippen LogP contribution in [-0.2, 0) is 22.6 Å². The van der Waals surface area contributed by atoms with E-state index in [1.807, 2.05) is 23.0 Å². The Morgan fingerprint density at radius 1 is 1.30 bits per heavy atom. The number of hydrogen-bond acceptors (Lipinski definition) is 3. The van der Waals surface area contributed by atoms with E-state index in [0.717, 1.165) is 18.7 Å². The SMILES string of the molecule is COCCNCc1ccn(CCCOCC(F)(F)F)c1. The highest BCUT2D eigenvalue weighted by Crippen LogP contribution is 2.14. The molecule has 0 radical (unpaired) electrons. The number of methoxy groups -OCH3 is 1. The Morgan fingerprint density at radius 2 is 2.10 bits per heavy atom. The summed E-state index contributed by atoms with van der Waals surface area (Å²) in [6.07, 6.45) is 0.205. The average Bonchev–Trinajstić information content (AvgIpc) is 2.81. The zero-order valence-electron chi connectivity index (χ0n) is 11.6. The van der Waals surface area contributed by atoms with Crippen LogP contribution in [0.1, 0.15) is 12.0 Å². The van der Waals surface area contributed by atoms with Crippen LogP contribution < -0.4 is 5.32 Å². The number of aromatic nitrogens is 1. The Morgan fingerprint density at radius 3 is 2.80 bits per heavy atom.